The van der Waals surface area contributed by atoms with Gasteiger partial charge in [0.2, 0.25) is 0 Å². The SMILES string of the molecule is CCCCCCCCC(=O)c1cncs1. The second-order valence-corrected chi connectivity index (χ2v) is 4.69. The molecule has 0 radical (unpaired) electrons. The third-order valence-corrected chi connectivity index (χ3v) is 3.28. The summed E-state index contributed by atoms with van der Waals surface area (Å²) in [6.07, 6.45) is 9.75. The Morgan fingerprint density at radius 3 is 2.67 bits per heavy atom. The van der Waals surface area contributed by atoms with Crippen LogP contribution in [0.2, 0.25) is 0 Å². The summed E-state index contributed by atoms with van der Waals surface area (Å²) in [4.78, 5) is 16.3. The lowest BCUT2D eigenvalue weighted by Crippen LogP contribution is -1.95. The Kier molecular flexibility index (Phi) is 6.25. The van der Waals surface area contributed by atoms with E-state index >= 15 is 0 Å². The van der Waals surface area contributed by atoms with Crippen LogP contribution in [-0.4, -0.2) is 10.8 Å². The van der Waals surface area contributed by atoms with Crippen molar-refractivity contribution in [2.24, 2.45) is 0 Å². The van der Waals surface area contributed by atoms with Crippen molar-refractivity contribution in [1.82, 2.24) is 4.98 Å². The summed E-state index contributed by atoms with van der Waals surface area (Å²) < 4.78 is 0. The first kappa shape index (κ1) is 12.4. The molecule has 15 heavy (non-hydrogen) atoms. The van der Waals surface area contributed by atoms with Crippen molar-refractivity contribution >= 4 is 17.1 Å². The molecule has 1 heterocycles. The molecule has 0 amide bonds. The number of hydrogen-bond acceptors (Lipinski definition) is 3. The molecule has 0 saturated carbocycles. The van der Waals surface area contributed by atoms with Crippen molar-refractivity contribution in [2.45, 2.75) is 51.9 Å². The number of ketones is 1. The van der Waals surface area contributed by atoms with Crippen molar-refractivity contribution in [1.29, 1.82) is 0 Å². The van der Waals surface area contributed by atoms with Crippen LogP contribution in [0.5, 0.6) is 0 Å². The molecule has 0 N–H and O–H groups in total. The van der Waals surface area contributed by atoms with E-state index in [4.69, 9.17) is 0 Å². The van der Waals surface area contributed by atoms with Gasteiger partial charge in [0.05, 0.1) is 10.4 Å². The molecule has 0 saturated heterocycles. The fourth-order valence-electron chi connectivity index (χ4n) is 1.54. The third kappa shape index (κ3) is 5.07. The molecule has 0 unspecified atom stereocenters. The number of Topliss-reactive ketones (excluding diaryl/α,β-unsaturated/α-hetero) is 1. The highest BCUT2D eigenvalue weighted by Gasteiger charge is 2.06. The van der Waals surface area contributed by atoms with Crippen LogP contribution in [0, 0.1) is 0 Å². The lowest BCUT2D eigenvalue weighted by Gasteiger charge is -1.99. The van der Waals surface area contributed by atoms with Crippen LogP contribution in [0.4, 0.5) is 0 Å². The molecule has 0 spiro atoms. The predicted octanol–water partition coefficient (Wildman–Crippen LogP) is 4.08. The van der Waals surface area contributed by atoms with Crippen molar-refractivity contribution < 1.29 is 4.79 Å². The maximum Gasteiger partial charge on any atom is 0.174 e. The molecule has 1 aromatic rings. The highest BCUT2D eigenvalue weighted by atomic mass is 32.1. The molecule has 0 bridgehead atoms. The van der Waals surface area contributed by atoms with Gasteiger partial charge in [-0.1, -0.05) is 39.0 Å². The molecule has 0 fully saturated rings. The Hall–Kier alpha value is -0.700. The predicted molar refractivity (Wildman–Crippen MR) is 64.4 cm³/mol. The van der Waals surface area contributed by atoms with Crippen molar-refractivity contribution in [3.63, 3.8) is 0 Å². The fourth-order valence-corrected chi connectivity index (χ4v) is 2.13. The average Bonchev–Trinajstić information content (AvgIpc) is 2.76. The lowest BCUT2D eigenvalue weighted by atomic mass is 10.1. The first-order valence-corrected chi connectivity index (χ1v) is 6.64. The van der Waals surface area contributed by atoms with Crippen molar-refractivity contribution in [2.75, 3.05) is 0 Å². The molecule has 0 aliphatic heterocycles. The number of rotatable bonds is 8. The van der Waals surface area contributed by atoms with Crippen LogP contribution in [0.25, 0.3) is 0 Å². The second kappa shape index (κ2) is 7.57. The van der Waals surface area contributed by atoms with E-state index in [1.54, 1.807) is 11.7 Å². The van der Waals surface area contributed by atoms with Crippen LogP contribution in [-0.2, 0) is 0 Å². The molecule has 3 heteroatoms. The normalized spacial score (nSPS) is 10.5. The van der Waals surface area contributed by atoms with E-state index in [0.29, 0.717) is 6.42 Å². The smallest absolute Gasteiger partial charge is 0.174 e. The number of aromatic nitrogens is 1. The number of nitrogens with zero attached hydrogens (tertiary/aromatic N) is 1. The Morgan fingerprint density at radius 2 is 2.00 bits per heavy atom. The number of unbranched alkanes of at least 4 members (excludes halogenated alkanes) is 5. The van der Waals surface area contributed by atoms with Crippen LogP contribution in [0.15, 0.2) is 11.7 Å². The largest absolute Gasteiger partial charge is 0.293 e. The molecule has 0 aliphatic rings. The molecule has 0 aliphatic carbocycles. The Bertz CT molecular complexity index is 269. The summed E-state index contributed by atoms with van der Waals surface area (Å²) in [5.74, 6) is 0.257. The molecule has 1 rings (SSSR count). The Labute approximate surface area is 95.7 Å². The zero-order chi connectivity index (χ0) is 10.9. The Balaban J connectivity index is 2.03. The summed E-state index contributed by atoms with van der Waals surface area (Å²) in [6.45, 7) is 2.22. The van der Waals surface area contributed by atoms with Crippen LogP contribution in [0.3, 0.4) is 0 Å². The molecule has 84 valence electrons. The quantitative estimate of drug-likeness (QED) is 0.493. The number of thiazole rings is 1. The molecule has 2 nitrogen and oxygen atoms in total. The summed E-state index contributed by atoms with van der Waals surface area (Å²) in [5.41, 5.74) is 1.72. The topological polar surface area (TPSA) is 30.0 Å². The number of carbonyl (C=O) groups excluding carboxylic acids is 1. The van der Waals surface area contributed by atoms with Gasteiger partial charge in [-0.25, -0.2) is 0 Å². The standard InChI is InChI=1S/C12H19NOS/c1-2-3-4-5-6-7-8-11(14)12-9-13-10-15-12/h9-10H,2-8H2,1H3. The zero-order valence-electron chi connectivity index (χ0n) is 9.37. The molecule has 0 aromatic carbocycles. The minimum Gasteiger partial charge on any atom is -0.293 e. The number of hydrogen-bond donors (Lipinski definition) is 0. The molecule has 1 aromatic heterocycles. The van der Waals surface area contributed by atoms with Gasteiger partial charge >= 0.3 is 0 Å². The summed E-state index contributed by atoms with van der Waals surface area (Å²) in [5, 5.41) is 0. The van der Waals surface area contributed by atoms with Gasteiger partial charge in [-0.3, -0.25) is 9.78 Å². The Morgan fingerprint density at radius 1 is 1.27 bits per heavy atom. The van der Waals surface area contributed by atoms with Crippen molar-refractivity contribution in [3.05, 3.63) is 16.6 Å². The van der Waals surface area contributed by atoms with E-state index < -0.39 is 0 Å². The van der Waals surface area contributed by atoms with E-state index in [0.717, 1.165) is 11.3 Å². The van der Waals surface area contributed by atoms with Gasteiger partial charge in [-0.2, -0.15) is 0 Å². The highest BCUT2D eigenvalue weighted by Crippen LogP contribution is 2.13. The summed E-state index contributed by atoms with van der Waals surface area (Å²) in [7, 11) is 0. The van der Waals surface area contributed by atoms with Gasteiger partial charge in [-0.15, -0.1) is 11.3 Å². The van der Waals surface area contributed by atoms with Gasteiger partial charge in [0.1, 0.15) is 0 Å². The first-order chi connectivity index (χ1) is 7.34. The van der Waals surface area contributed by atoms with E-state index in [2.05, 4.69) is 11.9 Å². The second-order valence-electron chi connectivity index (χ2n) is 3.81. The van der Waals surface area contributed by atoms with Crippen LogP contribution >= 0.6 is 11.3 Å². The molecule has 0 atom stereocenters. The molecular weight excluding hydrogens is 206 g/mol. The van der Waals surface area contributed by atoms with Gasteiger partial charge in [-0.05, 0) is 6.42 Å². The van der Waals surface area contributed by atoms with Crippen LogP contribution in [0.1, 0.15) is 61.5 Å². The van der Waals surface area contributed by atoms with E-state index in [1.165, 1.54) is 43.4 Å². The van der Waals surface area contributed by atoms with E-state index in [1.807, 2.05) is 0 Å². The molecular formula is C12H19NOS. The summed E-state index contributed by atoms with van der Waals surface area (Å²) in [6, 6.07) is 0. The van der Waals surface area contributed by atoms with E-state index in [9.17, 15) is 4.79 Å². The maximum absolute atomic E-state index is 11.6. The monoisotopic (exact) mass is 225 g/mol. The average molecular weight is 225 g/mol. The summed E-state index contributed by atoms with van der Waals surface area (Å²) >= 11 is 1.44. The maximum atomic E-state index is 11.6. The highest BCUT2D eigenvalue weighted by molar-refractivity contribution is 7.11. The fraction of sp³-hybridized carbons (Fsp3) is 0.667. The van der Waals surface area contributed by atoms with Gasteiger partial charge in [0.15, 0.2) is 5.78 Å². The van der Waals surface area contributed by atoms with Gasteiger partial charge in [0.25, 0.3) is 0 Å². The first-order valence-electron chi connectivity index (χ1n) is 5.76. The van der Waals surface area contributed by atoms with Gasteiger partial charge in [0, 0.05) is 12.6 Å². The minimum absolute atomic E-state index is 0.257. The van der Waals surface area contributed by atoms with E-state index in [-0.39, 0.29) is 5.78 Å². The van der Waals surface area contributed by atoms with Crippen LogP contribution < -0.4 is 0 Å². The van der Waals surface area contributed by atoms with Gasteiger partial charge < -0.3 is 0 Å². The van der Waals surface area contributed by atoms with Crippen molar-refractivity contribution in [3.8, 4) is 0 Å². The third-order valence-electron chi connectivity index (χ3n) is 2.46. The minimum atomic E-state index is 0.257. The number of carbonyl (C=O) groups is 1. The zero-order valence-corrected chi connectivity index (χ0v) is 10.2. The lowest BCUT2D eigenvalue weighted by molar-refractivity contribution is 0.0983.